The SMILES string of the molecule is CCc1nnc(SCC(=O)Nc2ccc(-c3ccc([N+](=O)[O-])cc3)cc2)o1. The first-order valence-corrected chi connectivity index (χ1v) is 9.13. The lowest BCUT2D eigenvalue weighted by atomic mass is 10.1. The normalized spacial score (nSPS) is 10.6. The summed E-state index contributed by atoms with van der Waals surface area (Å²) >= 11 is 1.18. The summed E-state index contributed by atoms with van der Waals surface area (Å²) in [5.74, 6) is 0.522. The maximum absolute atomic E-state index is 12.0. The van der Waals surface area contributed by atoms with E-state index in [1.807, 2.05) is 19.1 Å². The third-order valence-electron chi connectivity index (χ3n) is 3.66. The molecule has 1 aromatic heterocycles. The minimum absolute atomic E-state index is 0.0486. The minimum atomic E-state index is -0.433. The largest absolute Gasteiger partial charge is 0.416 e. The Hall–Kier alpha value is -3.20. The number of nitro groups is 1. The first-order valence-electron chi connectivity index (χ1n) is 8.15. The highest BCUT2D eigenvalue weighted by Crippen LogP contribution is 2.24. The van der Waals surface area contributed by atoms with E-state index in [4.69, 9.17) is 4.42 Å². The molecule has 0 spiro atoms. The van der Waals surface area contributed by atoms with Gasteiger partial charge in [0, 0.05) is 24.2 Å². The molecular weight excluding hydrogens is 368 g/mol. The van der Waals surface area contributed by atoms with Crippen LogP contribution in [-0.2, 0) is 11.2 Å². The number of hydrogen-bond acceptors (Lipinski definition) is 7. The van der Waals surface area contributed by atoms with Crippen molar-refractivity contribution in [2.75, 3.05) is 11.1 Å². The number of non-ortho nitro benzene ring substituents is 1. The first-order chi connectivity index (χ1) is 13.0. The third kappa shape index (κ3) is 4.91. The number of aryl methyl sites for hydroxylation is 1. The molecule has 3 rings (SSSR count). The molecule has 27 heavy (non-hydrogen) atoms. The molecule has 1 N–H and O–H groups in total. The number of carbonyl (C=O) groups excluding carboxylic acids is 1. The fraction of sp³-hybridized carbons (Fsp3) is 0.167. The Bertz CT molecular complexity index is 939. The van der Waals surface area contributed by atoms with Crippen LogP contribution in [0, 0.1) is 10.1 Å². The number of hydrogen-bond donors (Lipinski definition) is 1. The molecule has 0 unspecified atom stereocenters. The fourth-order valence-electron chi connectivity index (χ4n) is 2.29. The number of rotatable bonds is 7. The Morgan fingerprint density at radius 2 is 1.74 bits per heavy atom. The monoisotopic (exact) mass is 384 g/mol. The molecule has 1 amide bonds. The molecule has 8 nitrogen and oxygen atoms in total. The third-order valence-corrected chi connectivity index (χ3v) is 4.48. The lowest BCUT2D eigenvalue weighted by molar-refractivity contribution is -0.384. The topological polar surface area (TPSA) is 111 Å². The zero-order chi connectivity index (χ0) is 19.2. The second-order valence-electron chi connectivity index (χ2n) is 5.53. The summed E-state index contributed by atoms with van der Waals surface area (Å²) in [6.45, 7) is 1.91. The van der Waals surface area contributed by atoms with Gasteiger partial charge in [-0.2, -0.15) is 0 Å². The van der Waals surface area contributed by atoms with Gasteiger partial charge in [-0.15, -0.1) is 10.2 Å². The zero-order valence-corrected chi connectivity index (χ0v) is 15.2. The van der Waals surface area contributed by atoms with Crippen LogP contribution in [0.1, 0.15) is 12.8 Å². The first kappa shape index (κ1) is 18.6. The van der Waals surface area contributed by atoms with E-state index >= 15 is 0 Å². The van der Waals surface area contributed by atoms with Crippen molar-refractivity contribution in [2.45, 2.75) is 18.6 Å². The highest BCUT2D eigenvalue weighted by atomic mass is 32.2. The summed E-state index contributed by atoms with van der Waals surface area (Å²) in [5, 5.41) is 21.6. The van der Waals surface area contributed by atoms with E-state index in [1.54, 1.807) is 24.3 Å². The molecule has 0 radical (unpaired) electrons. The predicted molar refractivity (Wildman–Crippen MR) is 102 cm³/mol. The van der Waals surface area contributed by atoms with Crippen LogP contribution in [0.4, 0.5) is 11.4 Å². The molecule has 0 bridgehead atoms. The molecule has 9 heteroatoms. The van der Waals surface area contributed by atoms with Gasteiger partial charge in [0.2, 0.25) is 11.8 Å². The lowest BCUT2D eigenvalue weighted by Gasteiger charge is -2.06. The number of thioether (sulfide) groups is 1. The van der Waals surface area contributed by atoms with E-state index in [2.05, 4.69) is 15.5 Å². The molecule has 0 fully saturated rings. The van der Waals surface area contributed by atoms with Gasteiger partial charge in [0.05, 0.1) is 10.7 Å². The van der Waals surface area contributed by atoms with Crippen LogP contribution in [0.3, 0.4) is 0 Å². The van der Waals surface area contributed by atoms with Gasteiger partial charge in [-0.1, -0.05) is 30.8 Å². The number of benzene rings is 2. The van der Waals surface area contributed by atoms with Crippen LogP contribution in [0.2, 0.25) is 0 Å². The van der Waals surface area contributed by atoms with Gasteiger partial charge < -0.3 is 9.73 Å². The Morgan fingerprint density at radius 1 is 1.11 bits per heavy atom. The van der Waals surface area contributed by atoms with Crippen LogP contribution >= 0.6 is 11.8 Å². The summed E-state index contributed by atoms with van der Waals surface area (Å²) in [5.41, 5.74) is 2.46. The lowest BCUT2D eigenvalue weighted by Crippen LogP contribution is -2.13. The molecule has 0 saturated carbocycles. The molecule has 138 valence electrons. The average Bonchev–Trinajstić information content (AvgIpc) is 3.15. The Kier molecular flexibility index (Phi) is 5.82. The number of carbonyl (C=O) groups is 1. The smallest absolute Gasteiger partial charge is 0.277 e. The molecule has 0 aliphatic heterocycles. The number of amides is 1. The highest BCUT2D eigenvalue weighted by molar-refractivity contribution is 7.99. The van der Waals surface area contributed by atoms with Crippen molar-refractivity contribution in [1.29, 1.82) is 0 Å². The predicted octanol–water partition coefficient (Wildman–Crippen LogP) is 3.94. The summed E-state index contributed by atoms with van der Waals surface area (Å²) in [6.07, 6.45) is 0.654. The van der Waals surface area contributed by atoms with Crippen LogP contribution in [0.15, 0.2) is 58.2 Å². The quantitative estimate of drug-likeness (QED) is 0.373. The summed E-state index contributed by atoms with van der Waals surface area (Å²) in [6, 6.07) is 13.6. The zero-order valence-electron chi connectivity index (χ0n) is 14.4. The number of aromatic nitrogens is 2. The maximum Gasteiger partial charge on any atom is 0.277 e. The van der Waals surface area contributed by atoms with Crippen molar-refractivity contribution in [3.63, 3.8) is 0 Å². The number of nitrogens with zero attached hydrogens (tertiary/aromatic N) is 3. The summed E-state index contributed by atoms with van der Waals surface area (Å²) < 4.78 is 5.34. The van der Waals surface area contributed by atoms with Gasteiger partial charge in [-0.25, -0.2) is 0 Å². The van der Waals surface area contributed by atoms with Crippen LogP contribution < -0.4 is 5.32 Å². The van der Waals surface area contributed by atoms with Crippen molar-refractivity contribution in [3.8, 4) is 11.1 Å². The van der Waals surface area contributed by atoms with Crippen LogP contribution in [0.5, 0.6) is 0 Å². The average molecular weight is 384 g/mol. The Labute approximate surface area is 159 Å². The van der Waals surface area contributed by atoms with E-state index in [1.165, 1.54) is 23.9 Å². The van der Waals surface area contributed by atoms with E-state index in [-0.39, 0.29) is 17.3 Å². The molecular formula is C18H16N4O4S. The number of anilines is 1. The molecule has 1 heterocycles. The van der Waals surface area contributed by atoms with Gasteiger partial charge in [0.25, 0.3) is 10.9 Å². The van der Waals surface area contributed by atoms with Crippen LogP contribution in [0.25, 0.3) is 11.1 Å². The highest BCUT2D eigenvalue weighted by Gasteiger charge is 2.10. The molecule has 2 aromatic carbocycles. The Balaban J connectivity index is 1.56. The fourth-order valence-corrected chi connectivity index (χ4v) is 2.87. The van der Waals surface area contributed by atoms with Crippen molar-refractivity contribution in [1.82, 2.24) is 10.2 Å². The number of nitrogens with one attached hydrogen (secondary N) is 1. The van der Waals surface area contributed by atoms with Gasteiger partial charge in [0.15, 0.2) is 0 Å². The van der Waals surface area contributed by atoms with E-state index in [0.717, 1.165) is 11.1 Å². The van der Waals surface area contributed by atoms with Crippen molar-refractivity contribution in [2.24, 2.45) is 0 Å². The maximum atomic E-state index is 12.0. The van der Waals surface area contributed by atoms with E-state index in [9.17, 15) is 14.9 Å². The van der Waals surface area contributed by atoms with Crippen molar-refractivity contribution in [3.05, 3.63) is 64.5 Å². The van der Waals surface area contributed by atoms with Gasteiger partial charge in [-0.05, 0) is 35.4 Å². The van der Waals surface area contributed by atoms with Crippen molar-refractivity contribution >= 4 is 29.0 Å². The van der Waals surface area contributed by atoms with Gasteiger partial charge in [0.1, 0.15) is 0 Å². The minimum Gasteiger partial charge on any atom is -0.416 e. The summed E-state index contributed by atoms with van der Waals surface area (Å²) in [7, 11) is 0. The standard InChI is InChI=1S/C18H16N4O4S/c1-2-17-20-21-18(26-17)27-11-16(23)19-14-7-3-12(4-8-14)13-5-9-15(10-6-13)22(24)25/h3-10H,2,11H2,1H3,(H,19,23). The molecule has 0 atom stereocenters. The van der Waals surface area contributed by atoms with E-state index in [0.29, 0.717) is 23.2 Å². The van der Waals surface area contributed by atoms with Gasteiger partial charge >= 0.3 is 0 Å². The summed E-state index contributed by atoms with van der Waals surface area (Å²) in [4.78, 5) is 22.3. The molecule has 0 aliphatic carbocycles. The molecule has 0 saturated heterocycles. The van der Waals surface area contributed by atoms with Gasteiger partial charge in [-0.3, -0.25) is 14.9 Å². The Morgan fingerprint density at radius 3 is 2.30 bits per heavy atom. The van der Waals surface area contributed by atoms with Crippen LogP contribution in [-0.4, -0.2) is 26.8 Å². The molecule has 3 aromatic rings. The molecule has 0 aliphatic rings. The van der Waals surface area contributed by atoms with E-state index < -0.39 is 4.92 Å². The second kappa shape index (κ2) is 8.45. The number of nitro benzene ring substituents is 1. The van der Waals surface area contributed by atoms with Crippen molar-refractivity contribution < 1.29 is 14.1 Å². The second-order valence-corrected chi connectivity index (χ2v) is 6.46.